The van der Waals surface area contributed by atoms with Crippen molar-refractivity contribution in [1.82, 2.24) is 0 Å². The highest BCUT2D eigenvalue weighted by atomic mass is 16.7. The molecule has 7 N–H and O–H groups in total. The summed E-state index contributed by atoms with van der Waals surface area (Å²) in [5, 5.41) is 69.3. The minimum absolute atomic E-state index is 0.0890. The minimum Gasteiger partial charge on any atom is -0.394 e. The van der Waals surface area contributed by atoms with E-state index >= 15 is 0 Å². The maximum absolute atomic E-state index is 10.2. The van der Waals surface area contributed by atoms with Crippen LogP contribution in [0.4, 0.5) is 0 Å². The Morgan fingerprint density at radius 2 is 1.20 bits per heavy atom. The summed E-state index contributed by atoms with van der Waals surface area (Å²) in [6.07, 6.45) is -14.4. The largest absolute Gasteiger partial charge is 0.394 e. The van der Waals surface area contributed by atoms with Crippen LogP contribution in [-0.2, 0) is 25.6 Å². The van der Waals surface area contributed by atoms with Crippen LogP contribution in [0.15, 0.2) is 30.3 Å². The molecule has 170 valence electrons. The molecular formula is C19H28O11. The second-order valence-electron chi connectivity index (χ2n) is 7.34. The van der Waals surface area contributed by atoms with Gasteiger partial charge >= 0.3 is 0 Å². The molecule has 0 amide bonds. The van der Waals surface area contributed by atoms with Crippen LogP contribution in [0.25, 0.3) is 0 Å². The van der Waals surface area contributed by atoms with Crippen LogP contribution < -0.4 is 0 Å². The molecule has 0 aromatic heterocycles. The normalized spacial score (nSPS) is 42.2. The second-order valence-corrected chi connectivity index (χ2v) is 7.34. The van der Waals surface area contributed by atoms with Crippen molar-refractivity contribution in [2.45, 2.75) is 68.0 Å². The summed E-state index contributed by atoms with van der Waals surface area (Å²) in [6, 6.07) is 9.07. The minimum atomic E-state index is -1.62. The molecule has 2 aliphatic heterocycles. The van der Waals surface area contributed by atoms with Crippen LogP contribution in [0.5, 0.6) is 0 Å². The molecule has 11 nitrogen and oxygen atoms in total. The lowest BCUT2D eigenvalue weighted by atomic mass is 9.98. The number of benzene rings is 1. The van der Waals surface area contributed by atoms with E-state index in [0.29, 0.717) is 0 Å². The number of aliphatic hydroxyl groups is 7. The van der Waals surface area contributed by atoms with E-state index in [1.54, 1.807) is 12.1 Å². The Hall–Kier alpha value is -1.22. The maximum Gasteiger partial charge on any atom is 0.187 e. The second kappa shape index (κ2) is 10.4. The van der Waals surface area contributed by atoms with Crippen LogP contribution in [-0.4, -0.2) is 110 Å². The van der Waals surface area contributed by atoms with Gasteiger partial charge in [-0.25, -0.2) is 0 Å². The molecule has 10 atom stereocenters. The third-order valence-corrected chi connectivity index (χ3v) is 5.20. The molecule has 30 heavy (non-hydrogen) atoms. The number of ether oxygens (including phenoxy) is 4. The van der Waals surface area contributed by atoms with E-state index in [1.165, 1.54) is 0 Å². The molecule has 3 rings (SSSR count). The molecule has 11 heteroatoms. The summed E-state index contributed by atoms with van der Waals surface area (Å²) in [7, 11) is 0. The van der Waals surface area contributed by atoms with E-state index in [9.17, 15) is 35.7 Å². The first-order valence-corrected chi connectivity index (χ1v) is 9.60. The molecule has 0 aliphatic carbocycles. The first-order chi connectivity index (χ1) is 14.3. The van der Waals surface area contributed by atoms with Crippen molar-refractivity contribution in [2.75, 3.05) is 13.2 Å². The van der Waals surface area contributed by atoms with Gasteiger partial charge in [0.1, 0.15) is 48.8 Å². The van der Waals surface area contributed by atoms with Crippen LogP contribution in [0, 0.1) is 0 Å². The van der Waals surface area contributed by atoms with E-state index in [2.05, 4.69) is 0 Å². The van der Waals surface area contributed by atoms with Gasteiger partial charge in [-0.05, 0) is 5.56 Å². The zero-order valence-electron chi connectivity index (χ0n) is 16.0. The molecule has 0 radical (unpaired) electrons. The van der Waals surface area contributed by atoms with Gasteiger partial charge in [0.05, 0.1) is 19.8 Å². The molecule has 1 aromatic rings. The zero-order chi connectivity index (χ0) is 21.8. The van der Waals surface area contributed by atoms with Crippen molar-refractivity contribution in [3.05, 3.63) is 35.9 Å². The van der Waals surface area contributed by atoms with E-state index in [4.69, 9.17) is 18.9 Å². The number of hydrogen-bond acceptors (Lipinski definition) is 11. The SMILES string of the molecule is OC[C@H]1O[C@H](OC[C@H]2O[C@@H](OCc3ccccc3)[C@H](O)[C@@H](O)[C@@H]2O)[C@H](O)[C@@H](O)[C@@H]1O. The first-order valence-electron chi connectivity index (χ1n) is 9.60. The number of rotatable bonds is 7. The van der Waals surface area contributed by atoms with Crippen molar-refractivity contribution >= 4 is 0 Å². The summed E-state index contributed by atoms with van der Waals surface area (Å²) in [5.74, 6) is 0. The van der Waals surface area contributed by atoms with E-state index in [1.807, 2.05) is 18.2 Å². The summed E-state index contributed by atoms with van der Waals surface area (Å²) in [5.41, 5.74) is 0.808. The fourth-order valence-electron chi connectivity index (χ4n) is 3.34. The highest BCUT2D eigenvalue weighted by Gasteiger charge is 2.47. The topological polar surface area (TPSA) is 179 Å². The maximum atomic E-state index is 10.2. The lowest BCUT2D eigenvalue weighted by Crippen LogP contribution is -2.61. The van der Waals surface area contributed by atoms with Crippen LogP contribution in [0.2, 0.25) is 0 Å². The Balaban J connectivity index is 1.58. The molecule has 2 heterocycles. The van der Waals surface area contributed by atoms with Crippen molar-refractivity contribution < 1.29 is 54.7 Å². The lowest BCUT2D eigenvalue weighted by molar-refractivity contribution is -0.332. The van der Waals surface area contributed by atoms with Crippen molar-refractivity contribution in [2.24, 2.45) is 0 Å². The molecular weight excluding hydrogens is 404 g/mol. The van der Waals surface area contributed by atoms with Crippen molar-refractivity contribution in [3.8, 4) is 0 Å². The fourth-order valence-corrected chi connectivity index (χ4v) is 3.34. The quantitative estimate of drug-likeness (QED) is 0.231. The Labute approximate surface area is 172 Å². The highest BCUT2D eigenvalue weighted by molar-refractivity contribution is 5.13. The van der Waals surface area contributed by atoms with Gasteiger partial charge in [-0.2, -0.15) is 0 Å². The van der Waals surface area contributed by atoms with Crippen LogP contribution in [0.1, 0.15) is 5.56 Å². The summed E-state index contributed by atoms with van der Waals surface area (Å²) >= 11 is 0. The Morgan fingerprint density at radius 1 is 0.667 bits per heavy atom. The van der Waals surface area contributed by atoms with Gasteiger partial charge in [-0.1, -0.05) is 30.3 Å². The zero-order valence-corrected chi connectivity index (χ0v) is 16.0. The predicted molar refractivity (Wildman–Crippen MR) is 97.6 cm³/mol. The molecule has 1 aromatic carbocycles. The fraction of sp³-hybridized carbons (Fsp3) is 0.684. The number of hydrogen-bond donors (Lipinski definition) is 7. The van der Waals surface area contributed by atoms with E-state index < -0.39 is 74.6 Å². The Bertz CT molecular complexity index is 645. The molecule has 2 saturated heterocycles. The van der Waals surface area contributed by atoms with E-state index in [0.717, 1.165) is 5.56 Å². The highest BCUT2D eigenvalue weighted by Crippen LogP contribution is 2.26. The van der Waals surface area contributed by atoms with Gasteiger partial charge in [0.2, 0.25) is 0 Å². The molecule has 0 saturated carbocycles. The van der Waals surface area contributed by atoms with Gasteiger partial charge in [-0.15, -0.1) is 0 Å². The molecule has 2 aliphatic rings. The van der Waals surface area contributed by atoms with Crippen LogP contribution in [0.3, 0.4) is 0 Å². The molecule has 0 spiro atoms. The summed E-state index contributed by atoms with van der Waals surface area (Å²) < 4.78 is 21.6. The number of aliphatic hydroxyl groups excluding tert-OH is 7. The summed E-state index contributed by atoms with van der Waals surface area (Å²) in [6.45, 7) is -0.932. The van der Waals surface area contributed by atoms with Crippen molar-refractivity contribution in [1.29, 1.82) is 0 Å². The van der Waals surface area contributed by atoms with Crippen LogP contribution >= 0.6 is 0 Å². The standard InChI is InChI=1S/C19H28O11/c20-6-10-12(21)14(23)16(25)19(29-10)28-8-11-13(22)15(24)17(26)18(30-11)27-7-9-4-2-1-3-5-9/h1-5,10-26H,6-8H2/t10-,11-,12-,13-,14+,15+,16-,17-,18-,19+/m1/s1. The average molecular weight is 432 g/mol. The monoisotopic (exact) mass is 432 g/mol. The third kappa shape index (κ3) is 5.15. The average Bonchev–Trinajstić information content (AvgIpc) is 2.76. The van der Waals surface area contributed by atoms with Gasteiger partial charge in [-0.3, -0.25) is 0 Å². The summed E-state index contributed by atoms with van der Waals surface area (Å²) in [4.78, 5) is 0. The smallest absolute Gasteiger partial charge is 0.187 e. The van der Waals surface area contributed by atoms with Crippen molar-refractivity contribution in [3.63, 3.8) is 0 Å². The van der Waals surface area contributed by atoms with Gasteiger partial charge in [0.25, 0.3) is 0 Å². The Kier molecular flexibility index (Phi) is 8.12. The molecule has 2 fully saturated rings. The molecule has 0 bridgehead atoms. The first kappa shape index (κ1) is 23.4. The van der Waals surface area contributed by atoms with Gasteiger partial charge < -0.3 is 54.7 Å². The van der Waals surface area contributed by atoms with E-state index in [-0.39, 0.29) is 6.61 Å². The third-order valence-electron chi connectivity index (χ3n) is 5.20. The van der Waals surface area contributed by atoms with Gasteiger partial charge in [0.15, 0.2) is 12.6 Å². The predicted octanol–water partition coefficient (Wildman–Crippen LogP) is -3.17. The molecule has 0 unspecified atom stereocenters. The lowest BCUT2D eigenvalue weighted by Gasteiger charge is -2.42. The Morgan fingerprint density at radius 3 is 1.80 bits per heavy atom. The van der Waals surface area contributed by atoms with Gasteiger partial charge in [0, 0.05) is 0 Å².